The van der Waals surface area contributed by atoms with Crippen LogP contribution in [0, 0.1) is 5.82 Å². The van der Waals surface area contributed by atoms with Crippen LogP contribution in [0.25, 0.3) is 11.3 Å². The van der Waals surface area contributed by atoms with Gasteiger partial charge < -0.3 is 4.74 Å². The number of ether oxygens (including phenoxy) is 1. The smallest absolute Gasteiger partial charge is 0.339 e. The van der Waals surface area contributed by atoms with E-state index in [1.165, 1.54) is 13.2 Å². The van der Waals surface area contributed by atoms with Gasteiger partial charge in [-0.2, -0.15) is 5.10 Å². The molecule has 4 nitrogen and oxygen atoms in total. The quantitative estimate of drug-likeness (QED) is 0.798. The first kappa shape index (κ1) is 14.1. The van der Waals surface area contributed by atoms with E-state index in [0.717, 1.165) is 37.6 Å². The van der Waals surface area contributed by atoms with Gasteiger partial charge in [0, 0.05) is 17.8 Å². The van der Waals surface area contributed by atoms with Crippen LogP contribution in [0.1, 0.15) is 28.9 Å². The second-order valence-electron chi connectivity index (χ2n) is 5.00. The summed E-state index contributed by atoms with van der Waals surface area (Å²) in [7, 11) is 1.26. The van der Waals surface area contributed by atoms with Crippen LogP contribution in [0.3, 0.4) is 0 Å². The predicted molar refractivity (Wildman–Crippen MR) is 76.9 cm³/mol. The first-order valence-corrected chi connectivity index (χ1v) is 7.12. The minimum Gasteiger partial charge on any atom is -0.465 e. The highest BCUT2D eigenvalue weighted by atomic mass is 35.5. The molecule has 0 atom stereocenters. The number of rotatable bonds is 2. The molecule has 0 N–H and O–H groups in total. The Morgan fingerprint density at radius 3 is 2.90 bits per heavy atom. The zero-order valence-corrected chi connectivity index (χ0v) is 12.3. The fourth-order valence-corrected chi connectivity index (χ4v) is 2.79. The number of benzene rings is 1. The minimum absolute atomic E-state index is 0.0343. The molecule has 3 rings (SSSR count). The first-order chi connectivity index (χ1) is 10.1. The fraction of sp³-hybridized carbons (Fsp3) is 0.333. The van der Waals surface area contributed by atoms with Crippen LogP contribution in [-0.4, -0.2) is 22.9 Å². The maximum absolute atomic E-state index is 14.2. The lowest BCUT2D eigenvalue weighted by atomic mass is 10.1. The molecule has 0 saturated heterocycles. The SMILES string of the molecule is COC(=O)c1cc(-c2cc3n(n2)CCCC3)c(F)cc1Cl. The number of aromatic nitrogens is 2. The summed E-state index contributed by atoms with van der Waals surface area (Å²) in [5, 5.41) is 4.45. The molecular formula is C15H14ClFN2O2. The third kappa shape index (κ3) is 2.53. The van der Waals surface area contributed by atoms with Crippen molar-refractivity contribution in [2.45, 2.75) is 25.8 Å². The summed E-state index contributed by atoms with van der Waals surface area (Å²) in [5.74, 6) is -1.09. The summed E-state index contributed by atoms with van der Waals surface area (Å²) in [6.07, 6.45) is 3.12. The lowest BCUT2D eigenvalue weighted by Crippen LogP contribution is -2.10. The highest BCUT2D eigenvalue weighted by molar-refractivity contribution is 6.33. The average molecular weight is 309 g/mol. The summed E-state index contributed by atoms with van der Waals surface area (Å²) < 4.78 is 20.7. The van der Waals surface area contributed by atoms with Crippen LogP contribution >= 0.6 is 11.6 Å². The Balaban J connectivity index is 2.09. The molecule has 0 saturated carbocycles. The van der Waals surface area contributed by atoms with E-state index in [0.29, 0.717) is 5.69 Å². The van der Waals surface area contributed by atoms with Crippen LogP contribution in [0.2, 0.25) is 5.02 Å². The zero-order valence-electron chi connectivity index (χ0n) is 11.5. The molecule has 1 aliphatic rings. The molecule has 110 valence electrons. The molecule has 0 amide bonds. The predicted octanol–water partition coefficient (Wildman–Crippen LogP) is 3.47. The van der Waals surface area contributed by atoms with E-state index in [9.17, 15) is 9.18 Å². The maximum Gasteiger partial charge on any atom is 0.339 e. The maximum atomic E-state index is 14.2. The van der Waals surface area contributed by atoms with Gasteiger partial charge in [-0.1, -0.05) is 11.6 Å². The standard InChI is InChI=1S/C15H14ClFN2O2/c1-21-15(20)10-7-11(13(17)8-12(10)16)14-6-9-4-2-3-5-19(9)18-14/h6-8H,2-5H2,1H3. The lowest BCUT2D eigenvalue weighted by Gasteiger charge is -2.11. The third-order valence-corrected chi connectivity index (χ3v) is 3.97. The Kier molecular flexibility index (Phi) is 3.68. The second kappa shape index (κ2) is 5.48. The number of carbonyl (C=O) groups is 1. The molecule has 2 heterocycles. The van der Waals surface area contributed by atoms with Crippen molar-refractivity contribution in [2.75, 3.05) is 7.11 Å². The number of methoxy groups -OCH3 is 1. The van der Waals surface area contributed by atoms with E-state index in [1.54, 1.807) is 0 Å². The Morgan fingerprint density at radius 2 is 2.19 bits per heavy atom. The summed E-state index contributed by atoms with van der Waals surface area (Å²) in [5.41, 5.74) is 2.01. The third-order valence-electron chi connectivity index (χ3n) is 3.65. The second-order valence-corrected chi connectivity index (χ2v) is 5.41. The number of esters is 1. The summed E-state index contributed by atoms with van der Waals surface area (Å²) in [6, 6.07) is 4.39. The first-order valence-electron chi connectivity index (χ1n) is 6.74. The van der Waals surface area contributed by atoms with Crippen molar-refractivity contribution < 1.29 is 13.9 Å². The van der Waals surface area contributed by atoms with Crippen LogP contribution in [-0.2, 0) is 17.7 Å². The molecule has 1 aromatic carbocycles. The van der Waals surface area contributed by atoms with Crippen LogP contribution < -0.4 is 0 Å². The number of nitrogens with zero attached hydrogens (tertiary/aromatic N) is 2. The van der Waals surface area contributed by atoms with Gasteiger partial charge in [-0.25, -0.2) is 9.18 Å². The lowest BCUT2D eigenvalue weighted by molar-refractivity contribution is 0.0601. The molecule has 0 radical (unpaired) electrons. The van der Waals surface area contributed by atoms with Gasteiger partial charge in [0.1, 0.15) is 5.82 Å². The molecular weight excluding hydrogens is 295 g/mol. The van der Waals surface area contributed by atoms with Gasteiger partial charge in [0.25, 0.3) is 0 Å². The summed E-state index contributed by atoms with van der Waals surface area (Å²) in [6.45, 7) is 0.842. The molecule has 1 aliphatic heterocycles. The molecule has 6 heteroatoms. The number of hydrogen-bond acceptors (Lipinski definition) is 3. The minimum atomic E-state index is -0.592. The van der Waals surface area contributed by atoms with Gasteiger partial charge in [-0.05, 0) is 37.5 Å². The van der Waals surface area contributed by atoms with E-state index in [4.69, 9.17) is 11.6 Å². The highest BCUT2D eigenvalue weighted by Gasteiger charge is 2.20. The number of hydrogen-bond donors (Lipinski definition) is 0. The average Bonchev–Trinajstić information content (AvgIpc) is 2.90. The molecule has 0 bridgehead atoms. The van der Waals surface area contributed by atoms with Crippen LogP contribution in [0.5, 0.6) is 0 Å². The molecule has 0 aliphatic carbocycles. The van der Waals surface area contributed by atoms with E-state index in [-0.39, 0.29) is 16.1 Å². The number of carbonyl (C=O) groups excluding carboxylic acids is 1. The van der Waals surface area contributed by atoms with Crippen molar-refractivity contribution in [3.05, 3.63) is 40.3 Å². The van der Waals surface area contributed by atoms with E-state index >= 15 is 0 Å². The summed E-state index contributed by atoms with van der Waals surface area (Å²) >= 11 is 5.90. The van der Waals surface area contributed by atoms with Gasteiger partial charge in [0.05, 0.1) is 23.4 Å². The van der Waals surface area contributed by atoms with E-state index in [1.807, 2.05) is 10.7 Å². The van der Waals surface area contributed by atoms with Crippen LogP contribution in [0.15, 0.2) is 18.2 Å². The van der Waals surface area contributed by atoms with E-state index < -0.39 is 11.8 Å². The normalized spacial score (nSPS) is 13.9. The number of aryl methyl sites for hydroxylation is 2. The Labute approximate surface area is 126 Å². The van der Waals surface area contributed by atoms with Gasteiger partial charge in [-0.15, -0.1) is 0 Å². The highest BCUT2D eigenvalue weighted by Crippen LogP contribution is 2.30. The van der Waals surface area contributed by atoms with Crippen molar-refractivity contribution in [2.24, 2.45) is 0 Å². The largest absolute Gasteiger partial charge is 0.465 e. The van der Waals surface area contributed by atoms with Gasteiger partial charge in [0.15, 0.2) is 0 Å². The van der Waals surface area contributed by atoms with Crippen molar-refractivity contribution in [1.29, 1.82) is 0 Å². The number of fused-ring (bicyclic) bond motifs is 1. The topological polar surface area (TPSA) is 44.1 Å². The molecule has 1 aromatic heterocycles. The van der Waals surface area contributed by atoms with Crippen molar-refractivity contribution in [1.82, 2.24) is 9.78 Å². The Morgan fingerprint density at radius 1 is 1.38 bits per heavy atom. The molecule has 0 spiro atoms. The van der Waals surface area contributed by atoms with Crippen molar-refractivity contribution in [3.8, 4) is 11.3 Å². The fourth-order valence-electron chi connectivity index (χ4n) is 2.56. The van der Waals surface area contributed by atoms with Crippen molar-refractivity contribution in [3.63, 3.8) is 0 Å². The van der Waals surface area contributed by atoms with Gasteiger partial charge >= 0.3 is 5.97 Å². The summed E-state index contributed by atoms with van der Waals surface area (Å²) in [4.78, 5) is 11.7. The van der Waals surface area contributed by atoms with Crippen LogP contribution in [0.4, 0.5) is 4.39 Å². The Bertz CT molecular complexity index is 688. The molecule has 2 aromatic rings. The van der Waals surface area contributed by atoms with Gasteiger partial charge in [-0.3, -0.25) is 4.68 Å². The van der Waals surface area contributed by atoms with Gasteiger partial charge in [0.2, 0.25) is 0 Å². The molecule has 0 fully saturated rings. The molecule has 0 unspecified atom stereocenters. The zero-order chi connectivity index (χ0) is 15.0. The monoisotopic (exact) mass is 308 g/mol. The van der Waals surface area contributed by atoms with Crippen molar-refractivity contribution >= 4 is 17.6 Å². The Hall–Kier alpha value is -1.88. The van der Waals surface area contributed by atoms with E-state index in [2.05, 4.69) is 9.84 Å². The molecule has 21 heavy (non-hydrogen) atoms. The number of halogens is 2.